The van der Waals surface area contributed by atoms with E-state index < -0.39 is 0 Å². The molecule has 1 unspecified atom stereocenters. The van der Waals surface area contributed by atoms with Crippen LogP contribution in [0, 0.1) is 0 Å². The Hall–Kier alpha value is -1.22. The van der Waals surface area contributed by atoms with Crippen molar-refractivity contribution in [3.63, 3.8) is 0 Å². The molecule has 3 heteroatoms. The summed E-state index contributed by atoms with van der Waals surface area (Å²) in [6.45, 7) is 4.13. The van der Waals surface area contributed by atoms with Crippen LogP contribution in [0.25, 0.3) is 0 Å². The zero-order valence-electron chi connectivity index (χ0n) is 8.98. The number of hydrogen-bond acceptors (Lipinski definition) is 3. The molecule has 0 aromatic heterocycles. The Labute approximate surface area is 90.0 Å². The first-order chi connectivity index (χ1) is 7.20. The third-order valence-corrected chi connectivity index (χ3v) is 3.17. The van der Waals surface area contributed by atoms with Crippen LogP contribution in [0.5, 0.6) is 11.5 Å². The van der Waals surface area contributed by atoms with Gasteiger partial charge in [-0.25, -0.2) is 0 Å². The highest BCUT2D eigenvalue weighted by Gasteiger charge is 2.23. The van der Waals surface area contributed by atoms with Gasteiger partial charge >= 0.3 is 0 Å². The summed E-state index contributed by atoms with van der Waals surface area (Å²) >= 11 is 0. The molecule has 1 aromatic rings. The molecule has 1 atom stereocenters. The van der Waals surface area contributed by atoms with Crippen LogP contribution in [0.2, 0.25) is 0 Å². The van der Waals surface area contributed by atoms with Gasteiger partial charge in [0.05, 0.1) is 5.56 Å². The van der Waals surface area contributed by atoms with Crippen LogP contribution in [-0.4, -0.2) is 28.2 Å². The fourth-order valence-corrected chi connectivity index (χ4v) is 2.28. The highest BCUT2D eigenvalue weighted by atomic mass is 16.3. The first-order valence-electron chi connectivity index (χ1n) is 5.45. The van der Waals surface area contributed by atoms with Crippen molar-refractivity contribution >= 4 is 0 Å². The molecule has 0 bridgehead atoms. The second-order valence-electron chi connectivity index (χ2n) is 4.13. The minimum Gasteiger partial charge on any atom is -0.507 e. The molecule has 2 N–H and O–H groups in total. The number of hydrogen-bond donors (Lipinski definition) is 2. The van der Waals surface area contributed by atoms with Crippen LogP contribution in [0.3, 0.4) is 0 Å². The third kappa shape index (κ3) is 1.92. The monoisotopic (exact) mass is 207 g/mol. The highest BCUT2D eigenvalue weighted by Crippen LogP contribution is 2.36. The van der Waals surface area contributed by atoms with E-state index >= 15 is 0 Å². The van der Waals surface area contributed by atoms with E-state index in [1.165, 1.54) is 12.8 Å². The van der Waals surface area contributed by atoms with Crippen molar-refractivity contribution in [3.05, 3.63) is 23.8 Å². The van der Waals surface area contributed by atoms with Gasteiger partial charge in [-0.2, -0.15) is 0 Å². The van der Waals surface area contributed by atoms with Gasteiger partial charge in [-0.3, -0.25) is 4.90 Å². The van der Waals surface area contributed by atoms with Crippen molar-refractivity contribution in [3.8, 4) is 11.5 Å². The van der Waals surface area contributed by atoms with Crippen molar-refractivity contribution in [2.45, 2.75) is 25.8 Å². The Balaban J connectivity index is 2.27. The number of phenolic OH excluding ortho intramolecular Hbond substituents is 2. The summed E-state index contributed by atoms with van der Waals surface area (Å²) < 4.78 is 0. The minimum absolute atomic E-state index is 0.0914. The van der Waals surface area contributed by atoms with E-state index in [1.54, 1.807) is 18.2 Å². The van der Waals surface area contributed by atoms with Gasteiger partial charge in [0.2, 0.25) is 0 Å². The molecule has 0 amide bonds. The average molecular weight is 207 g/mol. The molecule has 1 aliphatic rings. The smallest absolute Gasteiger partial charge is 0.124 e. The second-order valence-corrected chi connectivity index (χ2v) is 4.13. The van der Waals surface area contributed by atoms with Gasteiger partial charge in [-0.05, 0) is 45.0 Å². The number of aromatic hydroxyl groups is 2. The summed E-state index contributed by atoms with van der Waals surface area (Å²) in [7, 11) is 0. The van der Waals surface area contributed by atoms with Gasteiger partial charge in [0.15, 0.2) is 0 Å². The molecule has 15 heavy (non-hydrogen) atoms. The number of rotatable bonds is 2. The Bertz CT molecular complexity index is 325. The number of nitrogens with zero attached hydrogens (tertiary/aromatic N) is 1. The fourth-order valence-electron chi connectivity index (χ4n) is 2.28. The molecule has 3 nitrogen and oxygen atoms in total. The molecule has 0 spiro atoms. The summed E-state index contributed by atoms with van der Waals surface area (Å²) in [5, 5.41) is 19.5. The Kier molecular flexibility index (Phi) is 2.82. The van der Waals surface area contributed by atoms with Crippen LogP contribution >= 0.6 is 0 Å². The standard InChI is InChI=1S/C12H17NO2/c1-9(13-7-2-3-8-13)12-10(14)5-4-6-11(12)15/h4-6,9,14-15H,2-3,7-8H2,1H3. The van der Waals surface area contributed by atoms with Crippen molar-refractivity contribution in [1.29, 1.82) is 0 Å². The van der Waals surface area contributed by atoms with Gasteiger partial charge in [-0.1, -0.05) is 6.07 Å². The Morgan fingerprint density at radius 3 is 2.20 bits per heavy atom. The first-order valence-corrected chi connectivity index (χ1v) is 5.45. The van der Waals surface area contributed by atoms with E-state index in [0.717, 1.165) is 13.1 Å². The van der Waals surface area contributed by atoms with Crippen LogP contribution in [0.4, 0.5) is 0 Å². The predicted molar refractivity (Wildman–Crippen MR) is 59.0 cm³/mol. The summed E-state index contributed by atoms with van der Waals surface area (Å²) in [4.78, 5) is 2.29. The first kappa shape index (κ1) is 10.3. The van der Waals surface area contributed by atoms with Crippen LogP contribution in [0.1, 0.15) is 31.4 Å². The summed E-state index contributed by atoms with van der Waals surface area (Å²) in [6, 6.07) is 5.00. The molecular formula is C12H17NO2. The summed E-state index contributed by atoms with van der Waals surface area (Å²) in [6.07, 6.45) is 2.41. The number of benzene rings is 1. The molecule has 1 aliphatic heterocycles. The topological polar surface area (TPSA) is 43.7 Å². The lowest BCUT2D eigenvalue weighted by Crippen LogP contribution is -2.23. The van der Waals surface area contributed by atoms with E-state index in [-0.39, 0.29) is 17.5 Å². The Morgan fingerprint density at radius 2 is 1.67 bits per heavy atom. The van der Waals surface area contributed by atoms with E-state index in [9.17, 15) is 10.2 Å². The number of phenols is 2. The van der Waals surface area contributed by atoms with Gasteiger partial charge in [0.1, 0.15) is 11.5 Å². The summed E-state index contributed by atoms with van der Waals surface area (Å²) in [5.41, 5.74) is 0.652. The van der Waals surface area contributed by atoms with E-state index in [2.05, 4.69) is 4.90 Å². The maximum absolute atomic E-state index is 9.74. The number of likely N-dealkylation sites (tertiary alicyclic amines) is 1. The molecule has 0 radical (unpaired) electrons. The minimum atomic E-state index is 0.0914. The molecule has 1 saturated heterocycles. The normalized spacial score (nSPS) is 19.3. The molecule has 82 valence electrons. The lowest BCUT2D eigenvalue weighted by Gasteiger charge is -2.25. The average Bonchev–Trinajstić information content (AvgIpc) is 2.69. The maximum Gasteiger partial charge on any atom is 0.124 e. The lowest BCUT2D eigenvalue weighted by molar-refractivity contribution is 0.252. The summed E-state index contributed by atoms with van der Waals surface area (Å²) in [5.74, 6) is 0.379. The van der Waals surface area contributed by atoms with Crippen molar-refractivity contribution < 1.29 is 10.2 Å². The lowest BCUT2D eigenvalue weighted by atomic mass is 10.0. The van der Waals surface area contributed by atoms with Gasteiger partial charge in [-0.15, -0.1) is 0 Å². The molecule has 1 fully saturated rings. The second kappa shape index (κ2) is 4.11. The Morgan fingerprint density at radius 1 is 1.13 bits per heavy atom. The quantitative estimate of drug-likeness (QED) is 0.781. The molecule has 1 aromatic carbocycles. The molecular weight excluding hydrogens is 190 g/mol. The maximum atomic E-state index is 9.74. The van der Waals surface area contributed by atoms with E-state index in [1.807, 2.05) is 6.92 Å². The predicted octanol–water partition coefficient (Wildman–Crippen LogP) is 2.25. The van der Waals surface area contributed by atoms with Crippen LogP contribution in [0.15, 0.2) is 18.2 Å². The van der Waals surface area contributed by atoms with Gasteiger partial charge < -0.3 is 10.2 Å². The molecule has 2 rings (SSSR count). The van der Waals surface area contributed by atoms with Gasteiger partial charge in [0.25, 0.3) is 0 Å². The highest BCUT2D eigenvalue weighted by molar-refractivity contribution is 5.45. The van der Waals surface area contributed by atoms with Gasteiger partial charge in [0, 0.05) is 6.04 Å². The van der Waals surface area contributed by atoms with Crippen molar-refractivity contribution in [1.82, 2.24) is 4.90 Å². The third-order valence-electron chi connectivity index (χ3n) is 3.17. The fraction of sp³-hybridized carbons (Fsp3) is 0.500. The van der Waals surface area contributed by atoms with E-state index in [4.69, 9.17) is 0 Å². The molecule has 1 heterocycles. The van der Waals surface area contributed by atoms with Crippen LogP contribution < -0.4 is 0 Å². The largest absolute Gasteiger partial charge is 0.507 e. The molecule has 0 aliphatic carbocycles. The molecule has 0 saturated carbocycles. The van der Waals surface area contributed by atoms with Crippen molar-refractivity contribution in [2.75, 3.05) is 13.1 Å². The van der Waals surface area contributed by atoms with Crippen molar-refractivity contribution in [2.24, 2.45) is 0 Å². The van der Waals surface area contributed by atoms with Crippen LogP contribution in [-0.2, 0) is 0 Å². The van der Waals surface area contributed by atoms with E-state index in [0.29, 0.717) is 5.56 Å². The zero-order valence-corrected chi connectivity index (χ0v) is 8.98. The zero-order chi connectivity index (χ0) is 10.8. The SMILES string of the molecule is CC(c1c(O)cccc1O)N1CCCC1.